The van der Waals surface area contributed by atoms with Gasteiger partial charge in [-0.15, -0.1) is 0 Å². The van der Waals surface area contributed by atoms with Gasteiger partial charge in [0.1, 0.15) is 5.82 Å². The molecule has 2 atom stereocenters. The number of nitrogens with one attached hydrogen (secondary N) is 1. The summed E-state index contributed by atoms with van der Waals surface area (Å²) in [5.74, 6) is 2.16. The zero-order valence-corrected chi connectivity index (χ0v) is 13.9. The van der Waals surface area contributed by atoms with E-state index in [4.69, 9.17) is 0 Å². The molecule has 0 aliphatic carbocycles. The molecule has 2 aliphatic rings. The second-order valence-electron chi connectivity index (χ2n) is 6.64. The molecule has 0 bridgehead atoms. The molecule has 6 nitrogen and oxygen atoms in total. The molecule has 0 spiro atoms. The van der Waals surface area contributed by atoms with E-state index < -0.39 is 0 Å². The van der Waals surface area contributed by atoms with Crippen LogP contribution in [0.5, 0.6) is 0 Å². The van der Waals surface area contributed by atoms with Gasteiger partial charge in [0.05, 0.1) is 12.1 Å². The maximum absolute atomic E-state index is 12.6. The first-order valence-corrected chi connectivity index (χ1v) is 8.60. The second-order valence-corrected chi connectivity index (χ2v) is 6.64. The predicted octanol–water partition coefficient (Wildman–Crippen LogP) is 1.66. The molecule has 1 saturated heterocycles. The molecule has 0 radical (unpaired) electrons. The Morgan fingerprint density at radius 2 is 1.95 bits per heavy atom. The molecule has 122 valence electrons. The lowest BCUT2D eigenvalue weighted by Crippen LogP contribution is -2.54. The first-order valence-electron chi connectivity index (χ1n) is 8.60. The third-order valence-electron chi connectivity index (χ3n) is 4.73. The van der Waals surface area contributed by atoms with E-state index in [1.54, 1.807) is 0 Å². The van der Waals surface area contributed by atoms with Crippen molar-refractivity contribution in [3.63, 3.8) is 0 Å². The highest BCUT2D eigenvalue weighted by atomic mass is 16.2. The number of aryl methyl sites for hydroxylation is 2. The van der Waals surface area contributed by atoms with Crippen LogP contribution in [0.1, 0.15) is 64.1 Å². The molecule has 1 N–H and O–H groups in total. The first kappa shape index (κ1) is 15.5. The number of carbonyl (C=O) groups excluding carboxylic acids is 1. The van der Waals surface area contributed by atoms with Gasteiger partial charge < -0.3 is 4.90 Å². The Hall–Kier alpha value is -1.43. The molecule has 0 aromatic carbocycles. The van der Waals surface area contributed by atoms with E-state index in [1.165, 1.54) is 0 Å². The van der Waals surface area contributed by atoms with Crippen molar-refractivity contribution in [3.8, 4) is 0 Å². The van der Waals surface area contributed by atoms with E-state index in [9.17, 15) is 4.79 Å². The van der Waals surface area contributed by atoms with Crippen molar-refractivity contribution in [2.75, 3.05) is 6.54 Å². The Labute approximate surface area is 132 Å². The van der Waals surface area contributed by atoms with Crippen LogP contribution >= 0.6 is 0 Å². The summed E-state index contributed by atoms with van der Waals surface area (Å²) in [6.07, 6.45) is 4.98. The number of fused-ring (bicyclic) bond motifs is 1. The van der Waals surface area contributed by atoms with Crippen molar-refractivity contribution >= 4 is 5.91 Å². The number of amides is 1. The van der Waals surface area contributed by atoms with Gasteiger partial charge in [0.2, 0.25) is 5.91 Å². The van der Waals surface area contributed by atoms with Crippen molar-refractivity contribution in [2.45, 2.75) is 77.5 Å². The first-order chi connectivity index (χ1) is 10.6. The summed E-state index contributed by atoms with van der Waals surface area (Å²) in [5.41, 5.74) is 0. The van der Waals surface area contributed by atoms with E-state index >= 15 is 0 Å². The van der Waals surface area contributed by atoms with Crippen molar-refractivity contribution in [1.82, 2.24) is 25.0 Å². The van der Waals surface area contributed by atoms with Gasteiger partial charge in [-0.1, -0.05) is 6.92 Å². The van der Waals surface area contributed by atoms with Crippen molar-refractivity contribution < 1.29 is 4.79 Å². The van der Waals surface area contributed by atoms with Gasteiger partial charge in [-0.3, -0.25) is 10.1 Å². The Morgan fingerprint density at radius 1 is 1.23 bits per heavy atom. The van der Waals surface area contributed by atoms with Crippen LogP contribution in [-0.2, 0) is 17.8 Å². The molecule has 1 aromatic heterocycles. The standard InChI is InChI=1S/C16H27N5O/c1-4-14-18-15-12(7-6-10-21(15)19-14)17-13-8-5-9-20(11(2)3)16(13)22/h11-13,17H,4-10H2,1-3H3/t12-,13+/m0/s1. The normalized spacial score (nSPS) is 25.6. The minimum Gasteiger partial charge on any atom is -0.339 e. The zero-order chi connectivity index (χ0) is 15.7. The minimum absolute atomic E-state index is 0.0746. The lowest BCUT2D eigenvalue weighted by atomic mass is 10.00. The van der Waals surface area contributed by atoms with Crippen LogP contribution in [0.25, 0.3) is 0 Å². The van der Waals surface area contributed by atoms with Gasteiger partial charge in [-0.05, 0) is 39.5 Å². The van der Waals surface area contributed by atoms with Crippen molar-refractivity contribution in [1.29, 1.82) is 0 Å². The molecule has 6 heteroatoms. The van der Waals surface area contributed by atoms with Crippen LogP contribution in [0.3, 0.4) is 0 Å². The Morgan fingerprint density at radius 3 is 2.68 bits per heavy atom. The quantitative estimate of drug-likeness (QED) is 0.919. The number of hydrogen-bond donors (Lipinski definition) is 1. The molecular formula is C16H27N5O. The van der Waals surface area contributed by atoms with Crippen molar-refractivity contribution in [2.24, 2.45) is 0 Å². The smallest absolute Gasteiger partial charge is 0.239 e. The fraction of sp³-hybridized carbons (Fsp3) is 0.812. The number of hydrogen-bond acceptors (Lipinski definition) is 4. The molecule has 1 aromatic rings. The minimum atomic E-state index is -0.0746. The van der Waals surface area contributed by atoms with Gasteiger partial charge in [-0.2, -0.15) is 5.10 Å². The largest absolute Gasteiger partial charge is 0.339 e. The highest BCUT2D eigenvalue weighted by Crippen LogP contribution is 2.26. The Balaban J connectivity index is 1.74. The maximum Gasteiger partial charge on any atom is 0.239 e. The Bertz CT molecular complexity index is 539. The van der Waals surface area contributed by atoms with Crippen molar-refractivity contribution in [3.05, 3.63) is 11.6 Å². The average Bonchev–Trinajstić information content (AvgIpc) is 2.93. The van der Waals surface area contributed by atoms with Crippen LogP contribution in [0.4, 0.5) is 0 Å². The van der Waals surface area contributed by atoms with E-state index in [1.807, 2.05) is 9.58 Å². The lowest BCUT2D eigenvalue weighted by molar-refractivity contribution is -0.138. The summed E-state index contributed by atoms with van der Waals surface area (Å²) < 4.78 is 2.02. The van der Waals surface area contributed by atoms with Gasteiger partial charge in [-0.25, -0.2) is 9.67 Å². The van der Waals surface area contributed by atoms with Gasteiger partial charge in [0.15, 0.2) is 5.82 Å². The molecule has 1 fully saturated rings. The van der Waals surface area contributed by atoms with Crippen LogP contribution < -0.4 is 5.32 Å². The molecule has 3 rings (SSSR count). The summed E-state index contributed by atoms with van der Waals surface area (Å²) in [7, 11) is 0. The summed E-state index contributed by atoms with van der Waals surface area (Å²) >= 11 is 0. The number of aromatic nitrogens is 3. The summed E-state index contributed by atoms with van der Waals surface area (Å²) in [6, 6.07) is 0.357. The number of nitrogens with zero attached hydrogens (tertiary/aromatic N) is 4. The monoisotopic (exact) mass is 305 g/mol. The van der Waals surface area contributed by atoms with Crippen LogP contribution in [-0.4, -0.2) is 44.2 Å². The van der Waals surface area contributed by atoms with Gasteiger partial charge in [0, 0.05) is 25.6 Å². The number of carbonyl (C=O) groups is 1. The fourth-order valence-corrected chi connectivity index (χ4v) is 3.52. The van der Waals surface area contributed by atoms with E-state index in [0.29, 0.717) is 0 Å². The van der Waals surface area contributed by atoms with E-state index in [0.717, 1.165) is 56.8 Å². The molecule has 0 unspecified atom stereocenters. The van der Waals surface area contributed by atoms with E-state index in [-0.39, 0.29) is 24.0 Å². The molecular weight excluding hydrogens is 278 g/mol. The topological polar surface area (TPSA) is 63.1 Å². The lowest BCUT2D eigenvalue weighted by Gasteiger charge is -2.37. The molecule has 22 heavy (non-hydrogen) atoms. The maximum atomic E-state index is 12.6. The van der Waals surface area contributed by atoms with Gasteiger partial charge >= 0.3 is 0 Å². The molecule has 1 amide bonds. The second kappa shape index (κ2) is 6.36. The average molecular weight is 305 g/mol. The van der Waals surface area contributed by atoms with Crippen LogP contribution in [0, 0.1) is 0 Å². The van der Waals surface area contributed by atoms with Crippen LogP contribution in [0.15, 0.2) is 0 Å². The SMILES string of the molecule is CCc1nc2n(n1)CCC[C@@H]2N[C@@H]1CCCN(C(C)C)C1=O. The summed E-state index contributed by atoms with van der Waals surface area (Å²) in [5, 5.41) is 8.12. The molecule has 2 aliphatic heterocycles. The fourth-order valence-electron chi connectivity index (χ4n) is 3.52. The number of likely N-dealkylation sites (tertiary alicyclic amines) is 1. The number of rotatable bonds is 4. The molecule has 0 saturated carbocycles. The summed E-state index contributed by atoms with van der Waals surface area (Å²) in [4.78, 5) is 19.3. The Kier molecular flexibility index (Phi) is 4.47. The van der Waals surface area contributed by atoms with Gasteiger partial charge in [0.25, 0.3) is 0 Å². The third-order valence-corrected chi connectivity index (χ3v) is 4.73. The summed E-state index contributed by atoms with van der Waals surface area (Å²) in [6.45, 7) is 8.08. The van der Waals surface area contributed by atoms with Crippen LogP contribution in [0.2, 0.25) is 0 Å². The molecule has 3 heterocycles. The zero-order valence-electron chi connectivity index (χ0n) is 13.9. The predicted molar refractivity (Wildman–Crippen MR) is 84.4 cm³/mol. The number of piperidine rings is 1. The van der Waals surface area contributed by atoms with E-state index in [2.05, 4.69) is 36.2 Å². The third kappa shape index (κ3) is 2.89. The highest BCUT2D eigenvalue weighted by Gasteiger charge is 2.34. The highest BCUT2D eigenvalue weighted by molar-refractivity contribution is 5.82.